The maximum Gasteiger partial charge on any atom is 0.337 e. The van der Waals surface area contributed by atoms with Gasteiger partial charge in [-0.2, -0.15) is 0 Å². The molecule has 0 heterocycles. The Bertz CT molecular complexity index is 540. The van der Waals surface area contributed by atoms with Crippen molar-refractivity contribution in [1.82, 2.24) is 5.32 Å². The number of carbonyl (C=O) groups excluding carboxylic acids is 2. The van der Waals surface area contributed by atoms with Gasteiger partial charge < -0.3 is 14.8 Å². The predicted octanol–water partition coefficient (Wildman–Crippen LogP) is 0.969. The second kappa shape index (κ2) is 7.07. The van der Waals surface area contributed by atoms with Crippen molar-refractivity contribution in [2.45, 2.75) is 6.92 Å². The summed E-state index contributed by atoms with van der Waals surface area (Å²) >= 11 is 0. The van der Waals surface area contributed by atoms with Gasteiger partial charge in [-0.1, -0.05) is 11.8 Å². The van der Waals surface area contributed by atoms with E-state index in [4.69, 9.17) is 4.74 Å². The lowest BCUT2D eigenvalue weighted by molar-refractivity contribution is -0.118. The van der Waals surface area contributed by atoms with E-state index >= 15 is 0 Å². The summed E-state index contributed by atoms with van der Waals surface area (Å²) < 4.78 is 9.78. The van der Waals surface area contributed by atoms with E-state index in [2.05, 4.69) is 21.9 Å². The van der Waals surface area contributed by atoms with Gasteiger partial charge in [-0.05, 0) is 18.2 Å². The number of rotatable bonds is 3. The first kappa shape index (κ1) is 14.6. The second-order valence-electron chi connectivity index (χ2n) is 3.62. The summed E-state index contributed by atoms with van der Waals surface area (Å²) in [7, 11) is 2.81. The van der Waals surface area contributed by atoms with E-state index in [1.165, 1.54) is 21.1 Å². The molecule has 0 fully saturated rings. The number of esters is 1. The van der Waals surface area contributed by atoms with E-state index in [1.807, 2.05) is 0 Å². The lowest BCUT2D eigenvalue weighted by atomic mass is 10.1. The minimum absolute atomic E-state index is 0.137. The molecule has 0 radical (unpaired) electrons. The zero-order valence-electron chi connectivity index (χ0n) is 11.1. The minimum Gasteiger partial charge on any atom is -0.495 e. The molecule has 0 saturated heterocycles. The van der Waals surface area contributed by atoms with E-state index in [-0.39, 0.29) is 12.5 Å². The Morgan fingerprint density at radius 1 is 1.32 bits per heavy atom. The molecule has 0 atom stereocenters. The third-order valence-electron chi connectivity index (χ3n) is 2.27. The van der Waals surface area contributed by atoms with Crippen LogP contribution in [0.5, 0.6) is 5.75 Å². The van der Waals surface area contributed by atoms with Crippen molar-refractivity contribution in [2.75, 3.05) is 20.8 Å². The molecular weight excluding hydrogens is 246 g/mol. The van der Waals surface area contributed by atoms with E-state index < -0.39 is 5.97 Å². The molecule has 1 rings (SSSR count). The van der Waals surface area contributed by atoms with Crippen molar-refractivity contribution in [3.05, 3.63) is 29.3 Å². The summed E-state index contributed by atoms with van der Waals surface area (Å²) in [4.78, 5) is 22.0. The fourth-order valence-corrected chi connectivity index (χ4v) is 1.35. The van der Waals surface area contributed by atoms with E-state index in [0.29, 0.717) is 16.9 Å². The van der Waals surface area contributed by atoms with Crippen LogP contribution in [0.25, 0.3) is 0 Å². The molecule has 100 valence electrons. The first-order chi connectivity index (χ1) is 9.08. The highest BCUT2D eigenvalue weighted by molar-refractivity contribution is 5.90. The van der Waals surface area contributed by atoms with Crippen molar-refractivity contribution in [3.63, 3.8) is 0 Å². The zero-order valence-corrected chi connectivity index (χ0v) is 11.1. The van der Waals surface area contributed by atoms with Crippen LogP contribution in [0.2, 0.25) is 0 Å². The average Bonchev–Trinajstić information content (AvgIpc) is 2.42. The summed E-state index contributed by atoms with van der Waals surface area (Å²) in [5.41, 5.74) is 1.03. The third kappa shape index (κ3) is 4.36. The Kier molecular flexibility index (Phi) is 5.42. The molecule has 1 N–H and O–H groups in total. The molecule has 0 bridgehead atoms. The molecule has 0 aliphatic heterocycles. The van der Waals surface area contributed by atoms with Crippen LogP contribution < -0.4 is 10.1 Å². The van der Waals surface area contributed by atoms with E-state index in [9.17, 15) is 9.59 Å². The number of hydrogen-bond acceptors (Lipinski definition) is 4. The number of nitrogens with one attached hydrogen (secondary N) is 1. The highest BCUT2D eigenvalue weighted by Crippen LogP contribution is 2.19. The monoisotopic (exact) mass is 261 g/mol. The van der Waals surface area contributed by atoms with Crippen molar-refractivity contribution >= 4 is 11.9 Å². The van der Waals surface area contributed by atoms with Crippen LogP contribution >= 0.6 is 0 Å². The van der Waals surface area contributed by atoms with Crippen LogP contribution in [0.1, 0.15) is 22.8 Å². The van der Waals surface area contributed by atoms with Gasteiger partial charge in [0.2, 0.25) is 5.91 Å². The number of carbonyl (C=O) groups is 2. The topological polar surface area (TPSA) is 64.6 Å². The summed E-state index contributed by atoms with van der Waals surface area (Å²) in [6, 6.07) is 4.84. The number of amides is 1. The van der Waals surface area contributed by atoms with Crippen molar-refractivity contribution in [2.24, 2.45) is 0 Å². The quantitative estimate of drug-likeness (QED) is 0.650. The molecule has 0 unspecified atom stereocenters. The molecular formula is C14H15NO4. The lowest BCUT2D eigenvalue weighted by Gasteiger charge is -2.05. The molecule has 0 aromatic heterocycles. The Hall–Kier alpha value is -2.48. The summed E-state index contributed by atoms with van der Waals surface area (Å²) in [6.07, 6.45) is 0. The van der Waals surface area contributed by atoms with Gasteiger partial charge in [0, 0.05) is 6.92 Å². The number of ether oxygens (including phenoxy) is 2. The van der Waals surface area contributed by atoms with Gasteiger partial charge >= 0.3 is 5.97 Å². The number of hydrogen-bond donors (Lipinski definition) is 1. The van der Waals surface area contributed by atoms with Gasteiger partial charge in [-0.25, -0.2) is 4.79 Å². The maximum absolute atomic E-state index is 11.4. The molecule has 5 nitrogen and oxygen atoms in total. The maximum atomic E-state index is 11.4. The average molecular weight is 261 g/mol. The van der Waals surface area contributed by atoms with Crippen LogP contribution in [0, 0.1) is 11.8 Å². The van der Waals surface area contributed by atoms with Gasteiger partial charge in [0.1, 0.15) is 5.75 Å². The normalized spacial score (nSPS) is 9.00. The first-order valence-corrected chi connectivity index (χ1v) is 5.58. The molecule has 1 amide bonds. The molecule has 0 aliphatic carbocycles. The predicted molar refractivity (Wildman–Crippen MR) is 69.9 cm³/mol. The number of benzene rings is 1. The Labute approximate surface area is 111 Å². The molecule has 1 aromatic rings. The molecule has 0 saturated carbocycles. The standard InChI is InChI=1S/C14H15NO4/c1-10(16)15-8-4-5-11-6-7-12(14(17)19-3)9-13(11)18-2/h6-7,9H,8H2,1-3H3,(H,15,16). The molecule has 19 heavy (non-hydrogen) atoms. The van der Waals surface area contributed by atoms with Crippen molar-refractivity contribution in [1.29, 1.82) is 0 Å². The number of methoxy groups -OCH3 is 2. The van der Waals surface area contributed by atoms with Crippen LogP contribution in [0.15, 0.2) is 18.2 Å². The summed E-state index contributed by atoms with van der Waals surface area (Å²) in [5, 5.41) is 2.56. The largest absolute Gasteiger partial charge is 0.495 e. The van der Waals surface area contributed by atoms with Crippen LogP contribution in [0.3, 0.4) is 0 Å². The van der Waals surface area contributed by atoms with Crippen molar-refractivity contribution in [3.8, 4) is 17.6 Å². The Morgan fingerprint density at radius 2 is 2.05 bits per heavy atom. The van der Waals surface area contributed by atoms with Gasteiger partial charge in [0.15, 0.2) is 0 Å². The first-order valence-electron chi connectivity index (χ1n) is 5.58. The summed E-state index contributed by atoms with van der Waals surface area (Å²) in [6.45, 7) is 1.69. The van der Waals surface area contributed by atoms with Crippen LogP contribution in [-0.4, -0.2) is 32.6 Å². The van der Waals surface area contributed by atoms with Crippen LogP contribution in [-0.2, 0) is 9.53 Å². The fraction of sp³-hybridized carbons (Fsp3) is 0.286. The molecule has 5 heteroatoms. The van der Waals surface area contributed by atoms with Crippen molar-refractivity contribution < 1.29 is 19.1 Å². The SMILES string of the molecule is COC(=O)c1ccc(C#CCNC(C)=O)c(OC)c1. The Morgan fingerprint density at radius 3 is 2.63 bits per heavy atom. The second-order valence-corrected chi connectivity index (χ2v) is 3.62. The van der Waals surface area contributed by atoms with Gasteiger partial charge in [-0.15, -0.1) is 0 Å². The van der Waals surface area contributed by atoms with E-state index in [1.54, 1.807) is 18.2 Å². The summed E-state index contributed by atoms with van der Waals surface area (Å²) in [5.74, 6) is 5.57. The third-order valence-corrected chi connectivity index (χ3v) is 2.27. The lowest BCUT2D eigenvalue weighted by Crippen LogP contribution is -2.19. The fourth-order valence-electron chi connectivity index (χ4n) is 1.35. The Balaban J connectivity index is 2.90. The molecule has 0 aliphatic rings. The van der Waals surface area contributed by atoms with Gasteiger partial charge in [0.05, 0.1) is 31.9 Å². The van der Waals surface area contributed by atoms with Gasteiger partial charge in [-0.3, -0.25) is 4.79 Å². The highest BCUT2D eigenvalue weighted by Gasteiger charge is 2.08. The van der Waals surface area contributed by atoms with E-state index in [0.717, 1.165) is 0 Å². The van der Waals surface area contributed by atoms with Crippen LogP contribution in [0.4, 0.5) is 0 Å². The van der Waals surface area contributed by atoms with Gasteiger partial charge in [0.25, 0.3) is 0 Å². The molecule has 0 spiro atoms. The smallest absolute Gasteiger partial charge is 0.337 e. The minimum atomic E-state index is -0.434. The molecule has 1 aromatic carbocycles. The highest BCUT2D eigenvalue weighted by atomic mass is 16.5. The zero-order chi connectivity index (χ0) is 14.3.